The molecule has 92 valence electrons. The van der Waals surface area contributed by atoms with Gasteiger partial charge in [0.05, 0.1) is 5.69 Å². The molecule has 2 nitrogen and oxygen atoms in total. The fourth-order valence-corrected chi connectivity index (χ4v) is 4.43. The minimum atomic E-state index is 0.633. The van der Waals surface area contributed by atoms with Crippen LogP contribution < -0.4 is 5.73 Å². The Labute approximate surface area is 115 Å². The summed E-state index contributed by atoms with van der Waals surface area (Å²) in [6.45, 7) is 0. The third-order valence-electron chi connectivity index (χ3n) is 2.92. The number of hydrogen-bond donors (Lipinski definition) is 1. The van der Waals surface area contributed by atoms with Gasteiger partial charge in [-0.3, -0.25) is 0 Å². The zero-order valence-electron chi connectivity index (χ0n) is 9.87. The van der Waals surface area contributed by atoms with E-state index in [0.29, 0.717) is 5.25 Å². The molecule has 0 bridgehead atoms. The number of rotatable bonds is 3. The Bertz CT molecular complexity index is 532. The Morgan fingerprint density at radius 2 is 2.17 bits per heavy atom. The Balaban J connectivity index is 1.62. The number of nitrogen functional groups attached to an aromatic ring is 1. The van der Waals surface area contributed by atoms with Crippen LogP contribution in [0.4, 0.5) is 5.69 Å². The van der Waals surface area contributed by atoms with E-state index in [9.17, 15) is 0 Å². The molecule has 0 fully saturated rings. The molecular weight excluding hydrogens is 260 g/mol. The van der Waals surface area contributed by atoms with Gasteiger partial charge in [0, 0.05) is 22.1 Å². The predicted molar refractivity (Wildman–Crippen MR) is 79.2 cm³/mol. The number of anilines is 1. The van der Waals surface area contributed by atoms with Crippen LogP contribution in [0.15, 0.2) is 52.5 Å². The van der Waals surface area contributed by atoms with Gasteiger partial charge in [0.25, 0.3) is 0 Å². The van der Waals surface area contributed by atoms with Crippen LogP contribution in [-0.2, 0) is 6.42 Å². The fraction of sp³-hybridized carbons (Fsp3) is 0.214. The maximum atomic E-state index is 5.90. The first-order valence-corrected chi connectivity index (χ1v) is 7.77. The molecule has 1 aromatic heterocycles. The van der Waals surface area contributed by atoms with Crippen LogP contribution in [0.5, 0.6) is 0 Å². The van der Waals surface area contributed by atoms with E-state index in [0.717, 1.165) is 22.9 Å². The van der Waals surface area contributed by atoms with E-state index in [1.165, 1.54) is 10.5 Å². The van der Waals surface area contributed by atoms with Crippen molar-refractivity contribution in [1.29, 1.82) is 0 Å². The van der Waals surface area contributed by atoms with Gasteiger partial charge in [-0.05, 0) is 30.2 Å². The number of fused-ring (bicyclic) bond motifs is 1. The molecule has 2 aromatic rings. The van der Waals surface area contributed by atoms with Crippen molar-refractivity contribution in [2.75, 3.05) is 11.5 Å². The van der Waals surface area contributed by atoms with Gasteiger partial charge >= 0.3 is 0 Å². The van der Waals surface area contributed by atoms with E-state index in [1.807, 2.05) is 23.9 Å². The van der Waals surface area contributed by atoms with Gasteiger partial charge in [0.15, 0.2) is 0 Å². The largest absolute Gasteiger partial charge is 0.397 e. The highest BCUT2D eigenvalue weighted by molar-refractivity contribution is 8.03. The molecule has 1 unspecified atom stereocenters. The van der Waals surface area contributed by atoms with Crippen molar-refractivity contribution in [2.45, 2.75) is 21.6 Å². The maximum Gasteiger partial charge on any atom is 0.119 e. The Morgan fingerprint density at radius 3 is 3.00 bits per heavy atom. The number of benzene rings is 1. The minimum Gasteiger partial charge on any atom is -0.397 e. The number of thioether (sulfide) groups is 2. The van der Waals surface area contributed by atoms with Gasteiger partial charge < -0.3 is 5.73 Å². The molecule has 0 spiro atoms. The standard InChI is InChI=1S/C14H14N2S2/c15-12-5-3-7-16-14(12)17-9-11-8-10-4-1-2-6-13(10)18-11/h1-7,11H,8-9,15H2. The van der Waals surface area contributed by atoms with Gasteiger partial charge in [-0.25, -0.2) is 4.98 Å². The Morgan fingerprint density at radius 1 is 1.28 bits per heavy atom. The van der Waals surface area contributed by atoms with E-state index in [1.54, 1.807) is 18.0 Å². The maximum absolute atomic E-state index is 5.90. The summed E-state index contributed by atoms with van der Waals surface area (Å²) in [6.07, 6.45) is 2.95. The summed E-state index contributed by atoms with van der Waals surface area (Å²) in [4.78, 5) is 5.74. The van der Waals surface area contributed by atoms with E-state index in [-0.39, 0.29) is 0 Å². The van der Waals surface area contributed by atoms with Crippen molar-refractivity contribution >= 4 is 29.2 Å². The summed E-state index contributed by atoms with van der Waals surface area (Å²) in [7, 11) is 0. The molecule has 0 aliphatic carbocycles. The number of nitrogens with zero attached hydrogens (tertiary/aromatic N) is 1. The van der Waals surface area contributed by atoms with Crippen LogP contribution in [0.2, 0.25) is 0 Å². The third kappa shape index (κ3) is 2.49. The number of aromatic nitrogens is 1. The number of pyridine rings is 1. The topological polar surface area (TPSA) is 38.9 Å². The van der Waals surface area contributed by atoms with Gasteiger partial charge in [0.2, 0.25) is 0 Å². The van der Waals surface area contributed by atoms with E-state index in [4.69, 9.17) is 5.73 Å². The number of hydrogen-bond acceptors (Lipinski definition) is 4. The first kappa shape index (κ1) is 11.9. The Hall–Kier alpha value is -1.13. The molecule has 0 amide bonds. The second-order valence-electron chi connectivity index (χ2n) is 4.26. The average molecular weight is 274 g/mol. The summed E-state index contributed by atoms with van der Waals surface area (Å²) in [6, 6.07) is 12.4. The van der Waals surface area contributed by atoms with Crippen LogP contribution in [0.1, 0.15) is 5.56 Å². The highest BCUT2D eigenvalue weighted by atomic mass is 32.2. The van der Waals surface area contributed by atoms with Crippen molar-refractivity contribution in [3.63, 3.8) is 0 Å². The van der Waals surface area contributed by atoms with E-state index in [2.05, 4.69) is 29.2 Å². The van der Waals surface area contributed by atoms with Gasteiger partial charge in [-0.2, -0.15) is 0 Å². The first-order chi connectivity index (χ1) is 8.83. The second kappa shape index (κ2) is 5.24. The lowest BCUT2D eigenvalue weighted by Crippen LogP contribution is -2.05. The lowest BCUT2D eigenvalue weighted by Gasteiger charge is -2.08. The SMILES string of the molecule is Nc1cccnc1SCC1Cc2ccccc2S1. The molecule has 0 radical (unpaired) electrons. The molecule has 4 heteroatoms. The van der Waals surface area contributed by atoms with Crippen molar-refractivity contribution in [3.05, 3.63) is 48.2 Å². The van der Waals surface area contributed by atoms with Gasteiger partial charge in [-0.1, -0.05) is 18.2 Å². The van der Waals surface area contributed by atoms with Crippen molar-refractivity contribution in [3.8, 4) is 0 Å². The quantitative estimate of drug-likeness (QED) is 0.870. The minimum absolute atomic E-state index is 0.633. The van der Waals surface area contributed by atoms with Crippen LogP contribution in [-0.4, -0.2) is 16.0 Å². The van der Waals surface area contributed by atoms with Crippen molar-refractivity contribution < 1.29 is 0 Å². The zero-order valence-corrected chi connectivity index (χ0v) is 11.5. The molecule has 0 saturated heterocycles. The summed E-state index contributed by atoms with van der Waals surface area (Å²) >= 11 is 3.73. The van der Waals surface area contributed by atoms with Gasteiger partial charge in [-0.15, -0.1) is 23.5 Å². The van der Waals surface area contributed by atoms with Crippen LogP contribution >= 0.6 is 23.5 Å². The number of nitrogens with two attached hydrogens (primary N) is 1. The van der Waals surface area contributed by atoms with Crippen LogP contribution in [0.3, 0.4) is 0 Å². The van der Waals surface area contributed by atoms with Crippen molar-refractivity contribution in [1.82, 2.24) is 4.98 Å². The molecule has 18 heavy (non-hydrogen) atoms. The molecule has 0 saturated carbocycles. The van der Waals surface area contributed by atoms with Gasteiger partial charge in [0.1, 0.15) is 5.03 Å². The van der Waals surface area contributed by atoms with E-state index >= 15 is 0 Å². The molecule has 2 N–H and O–H groups in total. The highest BCUT2D eigenvalue weighted by Crippen LogP contribution is 2.39. The molecule has 3 rings (SSSR count). The van der Waals surface area contributed by atoms with Crippen LogP contribution in [0.25, 0.3) is 0 Å². The summed E-state index contributed by atoms with van der Waals surface area (Å²) in [5, 5.41) is 1.59. The first-order valence-electron chi connectivity index (χ1n) is 5.91. The summed E-state index contributed by atoms with van der Waals surface area (Å²) < 4.78 is 0. The summed E-state index contributed by atoms with van der Waals surface area (Å²) in [5.41, 5.74) is 8.15. The molecule has 1 aliphatic rings. The monoisotopic (exact) mass is 274 g/mol. The van der Waals surface area contributed by atoms with Crippen LogP contribution in [0, 0.1) is 0 Å². The second-order valence-corrected chi connectivity index (χ2v) is 6.61. The zero-order chi connectivity index (χ0) is 12.4. The summed E-state index contributed by atoms with van der Waals surface area (Å²) in [5.74, 6) is 1.06. The lowest BCUT2D eigenvalue weighted by molar-refractivity contribution is 0.967. The Kier molecular flexibility index (Phi) is 3.48. The van der Waals surface area contributed by atoms with Crippen molar-refractivity contribution in [2.24, 2.45) is 0 Å². The smallest absolute Gasteiger partial charge is 0.119 e. The molecule has 1 aliphatic heterocycles. The predicted octanol–water partition coefficient (Wildman–Crippen LogP) is 3.47. The molecular formula is C14H14N2S2. The molecule has 2 heterocycles. The highest BCUT2D eigenvalue weighted by Gasteiger charge is 2.22. The average Bonchev–Trinajstić information content (AvgIpc) is 2.80. The molecule has 1 aromatic carbocycles. The van der Waals surface area contributed by atoms with E-state index < -0.39 is 0 Å². The lowest BCUT2D eigenvalue weighted by atomic mass is 10.1. The molecule has 1 atom stereocenters. The third-order valence-corrected chi connectivity index (χ3v) is 5.63. The fourth-order valence-electron chi connectivity index (χ4n) is 2.04. The normalized spacial score (nSPS) is 17.7.